The Morgan fingerprint density at radius 1 is 1.50 bits per heavy atom. The van der Waals surface area contributed by atoms with Gasteiger partial charge in [-0.3, -0.25) is 14.9 Å². The lowest BCUT2D eigenvalue weighted by Crippen LogP contribution is -2.17. The molecule has 1 saturated carbocycles. The maximum atomic E-state index is 10.9. The summed E-state index contributed by atoms with van der Waals surface area (Å²) in [5.74, 6) is -0.893. The summed E-state index contributed by atoms with van der Waals surface area (Å²) in [7, 11) is 1.38. The Morgan fingerprint density at radius 3 is 2.80 bits per heavy atom. The molecule has 0 aliphatic heterocycles. The molecular formula is C13H16N2O5. The van der Waals surface area contributed by atoms with Crippen LogP contribution in [0.2, 0.25) is 0 Å². The van der Waals surface area contributed by atoms with E-state index < -0.39 is 10.9 Å². The number of methoxy groups -OCH3 is 1. The lowest BCUT2D eigenvalue weighted by atomic mass is 10.1. The van der Waals surface area contributed by atoms with Crippen LogP contribution in [0, 0.1) is 16.0 Å². The first-order chi connectivity index (χ1) is 9.51. The van der Waals surface area contributed by atoms with E-state index in [2.05, 4.69) is 5.32 Å². The number of aliphatic carboxylic acids is 1. The number of hydrogen-bond donors (Lipinski definition) is 2. The summed E-state index contributed by atoms with van der Waals surface area (Å²) in [6, 6.07) is 4.62. The Morgan fingerprint density at radius 2 is 2.25 bits per heavy atom. The summed E-state index contributed by atoms with van der Waals surface area (Å²) in [6.07, 6.45) is 1.99. The van der Waals surface area contributed by atoms with Gasteiger partial charge in [-0.2, -0.15) is 0 Å². The first-order valence-corrected chi connectivity index (χ1v) is 6.33. The molecule has 1 aromatic carbocycles. The third kappa shape index (κ3) is 2.98. The lowest BCUT2D eigenvalue weighted by Gasteiger charge is -2.14. The van der Waals surface area contributed by atoms with Crippen molar-refractivity contribution in [2.45, 2.75) is 25.3 Å². The highest BCUT2D eigenvalue weighted by molar-refractivity contribution is 5.70. The Kier molecular flexibility index (Phi) is 4.07. The minimum absolute atomic E-state index is 0.0715. The number of anilines is 1. The van der Waals surface area contributed by atoms with Crippen LogP contribution in [0.3, 0.4) is 0 Å². The number of rotatable bonds is 5. The van der Waals surface area contributed by atoms with Crippen LogP contribution in [0.25, 0.3) is 0 Å². The highest BCUT2D eigenvalue weighted by Gasteiger charge is 2.29. The molecule has 0 amide bonds. The van der Waals surface area contributed by atoms with Gasteiger partial charge in [0.05, 0.1) is 18.0 Å². The molecule has 0 radical (unpaired) electrons. The molecule has 2 rings (SSSR count). The van der Waals surface area contributed by atoms with Gasteiger partial charge in [0.2, 0.25) is 0 Å². The average Bonchev–Trinajstić information content (AvgIpc) is 2.87. The molecule has 1 aliphatic carbocycles. The zero-order valence-corrected chi connectivity index (χ0v) is 11.0. The van der Waals surface area contributed by atoms with Crippen LogP contribution < -0.4 is 10.1 Å². The van der Waals surface area contributed by atoms with Crippen LogP contribution >= 0.6 is 0 Å². The van der Waals surface area contributed by atoms with Gasteiger partial charge in [0, 0.05) is 23.9 Å². The quantitative estimate of drug-likeness (QED) is 0.633. The molecular weight excluding hydrogens is 264 g/mol. The minimum Gasteiger partial charge on any atom is -0.490 e. The zero-order chi connectivity index (χ0) is 14.7. The number of nitrogens with zero attached hydrogens (tertiary/aromatic N) is 1. The van der Waals surface area contributed by atoms with E-state index in [-0.39, 0.29) is 23.4 Å². The molecule has 0 saturated heterocycles. The third-order valence-electron chi connectivity index (χ3n) is 3.53. The molecule has 2 N–H and O–H groups in total. The summed E-state index contributed by atoms with van der Waals surface area (Å²) < 4.78 is 5.00. The Labute approximate surface area is 115 Å². The summed E-state index contributed by atoms with van der Waals surface area (Å²) >= 11 is 0. The van der Waals surface area contributed by atoms with Crippen molar-refractivity contribution >= 4 is 17.3 Å². The largest absolute Gasteiger partial charge is 0.490 e. The molecule has 108 valence electrons. The van der Waals surface area contributed by atoms with Crippen LogP contribution in [0.4, 0.5) is 11.4 Å². The van der Waals surface area contributed by atoms with E-state index in [0.29, 0.717) is 18.5 Å². The fourth-order valence-corrected chi connectivity index (χ4v) is 2.49. The van der Waals surface area contributed by atoms with Gasteiger partial charge >= 0.3 is 11.7 Å². The summed E-state index contributed by atoms with van der Waals surface area (Å²) in [6.45, 7) is 0. The topological polar surface area (TPSA) is 102 Å². The van der Waals surface area contributed by atoms with E-state index in [9.17, 15) is 14.9 Å². The second-order valence-corrected chi connectivity index (χ2v) is 4.83. The fourth-order valence-electron chi connectivity index (χ4n) is 2.49. The van der Waals surface area contributed by atoms with Gasteiger partial charge < -0.3 is 15.2 Å². The van der Waals surface area contributed by atoms with E-state index in [1.807, 2.05) is 0 Å². The number of carboxylic acid groups (broad SMARTS) is 1. The van der Waals surface area contributed by atoms with Crippen molar-refractivity contribution < 1.29 is 19.6 Å². The first kappa shape index (κ1) is 14.1. The van der Waals surface area contributed by atoms with Crippen molar-refractivity contribution in [1.82, 2.24) is 0 Å². The van der Waals surface area contributed by atoms with Crippen molar-refractivity contribution in [2.24, 2.45) is 5.92 Å². The standard InChI is InChI=1S/C13H16N2O5/c1-20-12-7-10(4-5-11(12)15(18)19)14-9-3-2-8(6-9)13(16)17/h4-5,7-9,14H,2-3,6H2,1H3,(H,16,17)/t8-,9+/m1/s1. The van der Waals surface area contributed by atoms with Gasteiger partial charge in [-0.1, -0.05) is 0 Å². The number of benzene rings is 1. The van der Waals surface area contributed by atoms with Crippen molar-refractivity contribution in [3.8, 4) is 5.75 Å². The summed E-state index contributed by atoms with van der Waals surface area (Å²) in [5.41, 5.74) is 0.608. The van der Waals surface area contributed by atoms with E-state index in [1.54, 1.807) is 12.1 Å². The SMILES string of the molecule is COc1cc(N[C@H]2CC[C@@H](C(=O)O)C2)ccc1[N+](=O)[O-]. The van der Waals surface area contributed by atoms with Gasteiger partial charge in [-0.15, -0.1) is 0 Å². The predicted molar refractivity (Wildman–Crippen MR) is 72.0 cm³/mol. The number of ether oxygens (including phenoxy) is 1. The first-order valence-electron chi connectivity index (χ1n) is 6.33. The van der Waals surface area contributed by atoms with Crippen molar-refractivity contribution in [1.29, 1.82) is 0 Å². The molecule has 0 aromatic heterocycles. The number of carboxylic acids is 1. The molecule has 20 heavy (non-hydrogen) atoms. The van der Waals surface area contributed by atoms with Crippen molar-refractivity contribution in [2.75, 3.05) is 12.4 Å². The maximum absolute atomic E-state index is 10.9. The Bertz CT molecular complexity index is 531. The molecule has 2 atom stereocenters. The van der Waals surface area contributed by atoms with Crippen molar-refractivity contribution in [3.05, 3.63) is 28.3 Å². The van der Waals surface area contributed by atoms with Crippen LogP contribution in [0.15, 0.2) is 18.2 Å². The van der Waals surface area contributed by atoms with E-state index in [4.69, 9.17) is 9.84 Å². The summed E-state index contributed by atoms with van der Waals surface area (Å²) in [4.78, 5) is 21.2. The minimum atomic E-state index is -0.768. The molecule has 0 spiro atoms. The van der Waals surface area contributed by atoms with Gasteiger partial charge in [0.15, 0.2) is 5.75 Å². The van der Waals surface area contributed by atoms with Crippen molar-refractivity contribution in [3.63, 3.8) is 0 Å². The van der Waals surface area contributed by atoms with Crippen LogP contribution in [0.1, 0.15) is 19.3 Å². The highest BCUT2D eigenvalue weighted by Crippen LogP contribution is 2.32. The van der Waals surface area contributed by atoms with E-state index in [0.717, 1.165) is 6.42 Å². The molecule has 0 heterocycles. The highest BCUT2D eigenvalue weighted by atomic mass is 16.6. The van der Waals surface area contributed by atoms with Gasteiger partial charge in [0.25, 0.3) is 0 Å². The number of hydrogen-bond acceptors (Lipinski definition) is 5. The molecule has 7 heteroatoms. The smallest absolute Gasteiger partial charge is 0.311 e. The normalized spacial score (nSPS) is 21.4. The molecule has 0 bridgehead atoms. The van der Waals surface area contributed by atoms with Crippen LogP contribution in [-0.2, 0) is 4.79 Å². The molecule has 0 unspecified atom stereocenters. The number of carbonyl (C=O) groups is 1. The third-order valence-corrected chi connectivity index (χ3v) is 3.53. The second-order valence-electron chi connectivity index (χ2n) is 4.83. The number of nitrogens with one attached hydrogen (secondary N) is 1. The van der Waals surface area contributed by atoms with E-state index >= 15 is 0 Å². The Balaban J connectivity index is 2.07. The van der Waals surface area contributed by atoms with Gasteiger partial charge in [0.1, 0.15) is 0 Å². The number of nitro groups is 1. The van der Waals surface area contributed by atoms with Gasteiger partial charge in [-0.05, 0) is 25.3 Å². The molecule has 1 aromatic rings. The number of nitro benzene ring substituents is 1. The van der Waals surface area contributed by atoms with Crippen LogP contribution in [-0.4, -0.2) is 29.2 Å². The fraction of sp³-hybridized carbons (Fsp3) is 0.462. The predicted octanol–water partition coefficient (Wildman–Crippen LogP) is 2.27. The monoisotopic (exact) mass is 280 g/mol. The van der Waals surface area contributed by atoms with E-state index in [1.165, 1.54) is 13.2 Å². The second kappa shape index (κ2) is 5.77. The molecule has 7 nitrogen and oxygen atoms in total. The van der Waals surface area contributed by atoms with Crippen LogP contribution in [0.5, 0.6) is 5.75 Å². The lowest BCUT2D eigenvalue weighted by molar-refractivity contribution is -0.385. The average molecular weight is 280 g/mol. The Hall–Kier alpha value is -2.31. The molecule has 1 aliphatic rings. The zero-order valence-electron chi connectivity index (χ0n) is 11.0. The summed E-state index contributed by atoms with van der Waals surface area (Å²) in [5, 5.41) is 22.9. The molecule has 1 fully saturated rings. The maximum Gasteiger partial charge on any atom is 0.311 e. The van der Waals surface area contributed by atoms with Gasteiger partial charge in [-0.25, -0.2) is 0 Å².